The molecule has 1 saturated heterocycles. The molecule has 2 aliphatic rings. The Bertz CT molecular complexity index is 436. The summed E-state index contributed by atoms with van der Waals surface area (Å²) in [4.78, 5) is 12.3. The first-order valence-corrected chi connectivity index (χ1v) is 6.35. The average molecular weight is 231 g/mol. The molecule has 0 atom stereocenters. The number of rotatable bonds is 2. The minimum atomic E-state index is 0.205. The normalized spacial score (nSPS) is 19.8. The lowest BCUT2D eigenvalue weighted by atomic mass is 9.89. The third kappa shape index (κ3) is 2.07. The molecule has 3 heteroatoms. The van der Waals surface area contributed by atoms with E-state index in [4.69, 9.17) is 4.74 Å². The fourth-order valence-electron chi connectivity index (χ4n) is 2.66. The zero-order valence-corrected chi connectivity index (χ0v) is 9.87. The quantitative estimate of drug-likeness (QED) is 0.789. The minimum Gasteiger partial charge on any atom is -0.493 e. The van der Waals surface area contributed by atoms with Crippen LogP contribution in [0.25, 0.3) is 0 Å². The van der Waals surface area contributed by atoms with E-state index in [1.165, 1.54) is 5.56 Å². The van der Waals surface area contributed by atoms with Gasteiger partial charge in [-0.3, -0.25) is 4.79 Å². The zero-order chi connectivity index (χ0) is 11.7. The SMILES string of the molecule is O=C(c1ccc2c(c1)CCO2)C1CCNCC1. The monoisotopic (exact) mass is 231 g/mol. The fraction of sp³-hybridized carbons (Fsp3) is 0.500. The van der Waals surface area contributed by atoms with Crippen LogP contribution in [0.1, 0.15) is 28.8 Å². The summed E-state index contributed by atoms with van der Waals surface area (Å²) in [6.07, 6.45) is 2.86. The van der Waals surface area contributed by atoms with Crippen LogP contribution < -0.4 is 10.1 Å². The smallest absolute Gasteiger partial charge is 0.166 e. The van der Waals surface area contributed by atoms with Crippen LogP contribution in [0.5, 0.6) is 5.75 Å². The first-order chi connectivity index (χ1) is 8.34. The Morgan fingerprint density at radius 3 is 2.94 bits per heavy atom. The van der Waals surface area contributed by atoms with Crippen LogP contribution in [0, 0.1) is 5.92 Å². The number of carbonyl (C=O) groups is 1. The molecule has 1 aromatic carbocycles. The molecule has 1 aromatic rings. The van der Waals surface area contributed by atoms with Gasteiger partial charge in [-0.1, -0.05) is 0 Å². The molecular formula is C14H17NO2. The molecule has 3 nitrogen and oxygen atoms in total. The van der Waals surface area contributed by atoms with E-state index in [0.29, 0.717) is 5.78 Å². The lowest BCUT2D eigenvalue weighted by Gasteiger charge is -2.21. The second-order valence-corrected chi connectivity index (χ2v) is 4.81. The highest BCUT2D eigenvalue weighted by Crippen LogP contribution is 2.27. The number of carbonyl (C=O) groups excluding carboxylic acids is 1. The van der Waals surface area contributed by atoms with Crippen molar-refractivity contribution >= 4 is 5.78 Å². The lowest BCUT2D eigenvalue weighted by molar-refractivity contribution is 0.0895. The number of ether oxygens (including phenoxy) is 1. The Labute approximate surface area is 101 Å². The van der Waals surface area contributed by atoms with Gasteiger partial charge in [-0.15, -0.1) is 0 Å². The predicted molar refractivity (Wildman–Crippen MR) is 65.6 cm³/mol. The highest BCUT2D eigenvalue weighted by Gasteiger charge is 2.23. The average Bonchev–Trinajstić information content (AvgIpc) is 2.86. The summed E-state index contributed by atoms with van der Waals surface area (Å²) in [5.74, 6) is 1.46. The maximum Gasteiger partial charge on any atom is 0.166 e. The zero-order valence-electron chi connectivity index (χ0n) is 9.87. The van der Waals surface area contributed by atoms with Crippen LogP contribution in [0.3, 0.4) is 0 Å². The molecule has 90 valence electrons. The molecular weight excluding hydrogens is 214 g/mol. The van der Waals surface area contributed by atoms with Crippen LogP contribution in [-0.2, 0) is 6.42 Å². The molecule has 0 spiro atoms. The standard InChI is InChI=1S/C14H17NO2/c16-14(10-3-6-15-7-4-10)12-1-2-13-11(9-12)5-8-17-13/h1-2,9-10,15H,3-8H2. The van der Waals surface area contributed by atoms with Gasteiger partial charge >= 0.3 is 0 Å². The van der Waals surface area contributed by atoms with Gasteiger partial charge in [0.1, 0.15) is 5.75 Å². The molecule has 2 heterocycles. The molecule has 3 rings (SSSR count). The van der Waals surface area contributed by atoms with Gasteiger partial charge in [-0.2, -0.15) is 0 Å². The molecule has 0 unspecified atom stereocenters. The van der Waals surface area contributed by atoms with Crippen LogP contribution in [0.2, 0.25) is 0 Å². The summed E-state index contributed by atoms with van der Waals surface area (Å²) >= 11 is 0. The molecule has 0 saturated carbocycles. The molecule has 17 heavy (non-hydrogen) atoms. The predicted octanol–water partition coefficient (Wildman–Crippen LogP) is 1.80. The summed E-state index contributed by atoms with van der Waals surface area (Å²) in [6.45, 7) is 2.68. The van der Waals surface area contributed by atoms with E-state index in [2.05, 4.69) is 5.32 Å². The Hall–Kier alpha value is -1.35. The Morgan fingerprint density at radius 2 is 2.12 bits per heavy atom. The van der Waals surface area contributed by atoms with E-state index >= 15 is 0 Å². The second kappa shape index (κ2) is 4.49. The summed E-state index contributed by atoms with van der Waals surface area (Å²) in [5.41, 5.74) is 2.05. The van der Waals surface area contributed by atoms with Gasteiger partial charge < -0.3 is 10.1 Å². The van der Waals surface area contributed by atoms with Crippen LogP contribution >= 0.6 is 0 Å². The number of ketones is 1. The fourth-order valence-corrected chi connectivity index (χ4v) is 2.66. The van der Waals surface area contributed by atoms with Crippen molar-refractivity contribution in [2.75, 3.05) is 19.7 Å². The van der Waals surface area contributed by atoms with E-state index < -0.39 is 0 Å². The molecule has 0 radical (unpaired) electrons. The van der Waals surface area contributed by atoms with Gasteiger partial charge in [0.2, 0.25) is 0 Å². The number of piperidine rings is 1. The topological polar surface area (TPSA) is 38.3 Å². The molecule has 0 bridgehead atoms. The van der Waals surface area contributed by atoms with Gasteiger partial charge in [0.25, 0.3) is 0 Å². The van der Waals surface area contributed by atoms with Crippen molar-refractivity contribution in [3.05, 3.63) is 29.3 Å². The van der Waals surface area contributed by atoms with E-state index in [-0.39, 0.29) is 5.92 Å². The van der Waals surface area contributed by atoms with Gasteiger partial charge in [0.05, 0.1) is 6.61 Å². The van der Waals surface area contributed by atoms with Crippen LogP contribution in [0.15, 0.2) is 18.2 Å². The molecule has 0 amide bonds. The molecule has 0 aromatic heterocycles. The molecule has 0 aliphatic carbocycles. The van der Waals surface area contributed by atoms with Gasteiger partial charge in [-0.25, -0.2) is 0 Å². The van der Waals surface area contributed by atoms with Gasteiger partial charge in [0.15, 0.2) is 5.78 Å². The molecule has 1 N–H and O–H groups in total. The van der Waals surface area contributed by atoms with Crippen molar-refractivity contribution in [2.24, 2.45) is 5.92 Å². The summed E-state index contributed by atoms with van der Waals surface area (Å²) < 4.78 is 5.46. The third-order valence-corrected chi connectivity index (χ3v) is 3.68. The number of hydrogen-bond donors (Lipinski definition) is 1. The van der Waals surface area contributed by atoms with E-state index in [0.717, 1.165) is 50.3 Å². The first-order valence-electron chi connectivity index (χ1n) is 6.35. The first kappa shape index (κ1) is 10.8. The number of hydrogen-bond acceptors (Lipinski definition) is 3. The van der Waals surface area contributed by atoms with Crippen molar-refractivity contribution < 1.29 is 9.53 Å². The summed E-state index contributed by atoms with van der Waals surface area (Å²) in [6, 6.07) is 5.87. The largest absolute Gasteiger partial charge is 0.493 e. The lowest BCUT2D eigenvalue weighted by Crippen LogP contribution is -2.31. The minimum absolute atomic E-state index is 0.205. The van der Waals surface area contributed by atoms with Gasteiger partial charge in [0, 0.05) is 17.9 Å². The van der Waals surface area contributed by atoms with Crippen LogP contribution in [0.4, 0.5) is 0 Å². The Morgan fingerprint density at radius 1 is 1.29 bits per heavy atom. The van der Waals surface area contributed by atoms with Crippen molar-refractivity contribution in [2.45, 2.75) is 19.3 Å². The summed E-state index contributed by atoms with van der Waals surface area (Å²) in [5, 5.41) is 3.29. The van der Waals surface area contributed by atoms with Crippen LogP contribution in [-0.4, -0.2) is 25.5 Å². The number of nitrogens with one attached hydrogen (secondary N) is 1. The van der Waals surface area contributed by atoms with Crippen molar-refractivity contribution in [3.8, 4) is 5.75 Å². The van der Waals surface area contributed by atoms with Crippen molar-refractivity contribution in [1.82, 2.24) is 5.32 Å². The van der Waals surface area contributed by atoms with E-state index in [1.54, 1.807) is 0 Å². The number of Topliss-reactive ketones (excluding diaryl/α,β-unsaturated/α-hetero) is 1. The van der Waals surface area contributed by atoms with Crippen molar-refractivity contribution in [3.63, 3.8) is 0 Å². The Kier molecular flexibility index (Phi) is 2.85. The maximum absolute atomic E-state index is 12.3. The second-order valence-electron chi connectivity index (χ2n) is 4.81. The Balaban J connectivity index is 1.81. The number of benzene rings is 1. The maximum atomic E-state index is 12.3. The van der Waals surface area contributed by atoms with E-state index in [9.17, 15) is 4.79 Å². The van der Waals surface area contributed by atoms with Gasteiger partial charge in [-0.05, 0) is 49.7 Å². The van der Waals surface area contributed by atoms with Crippen molar-refractivity contribution in [1.29, 1.82) is 0 Å². The third-order valence-electron chi connectivity index (χ3n) is 3.68. The molecule has 1 fully saturated rings. The highest BCUT2D eigenvalue weighted by molar-refractivity contribution is 5.98. The highest BCUT2D eigenvalue weighted by atomic mass is 16.5. The summed E-state index contributed by atoms with van der Waals surface area (Å²) in [7, 11) is 0. The number of fused-ring (bicyclic) bond motifs is 1. The van der Waals surface area contributed by atoms with E-state index in [1.807, 2.05) is 18.2 Å². The molecule has 2 aliphatic heterocycles.